The van der Waals surface area contributed by atoms with Crippen LogP contribution in [0.5, 0.6) is 0 Å². The molecule has 0 aliphatic carbocycles. The summed E-state index contributed by atoms with van der Waals surface area (Å²) in [6, 6.07) is 9.40. The average Bonchev–Trinajstić information content (AvgIpc) is 2.88. The molecule has 1 heterocycles. The van der Waals surface area contributed by atoms with Crippen LogP contribution in [0.3, 0.4) is 0 Å². The number of benzene rings is 1. The highest BCUT2D eigenvalue weighted by Crippen LogP contribution is 2.23. The number of terminal acetylenes is 1. The van der Waals surface area contributed by atoms with Gasteiger partial charge in [-0.2, -0.15) is 0 Å². The Bertz CT molecular complexity index is 589. The van der Waals surface area contributed by atoms with E-state index in [4.69, 9.17) is 16.7 Å². The van der Waals surface area contributed by atoms with E-state index < -0.39 is 0 Å². The van der Waals surface area contributed by atoms with Crippen molar-refractivity contribution in [3.63, 3.8) is 0 Å². The van der Waals surface area contributed by atoms with E-state index in [2.05, 4.69) is 5.92 Å². The quantitative estimate of drug-likeness (QED) is 0.508. The molecule has 0 aliphatic rings. The maximum atomic E-state index is 5.79. The lowest BCUT2D eigenvalue weighted by Crippen LogP contribution is -2.26. The Morgan fingerprint density at radius 1 is 1.28 bits per heavy atom. The van der Waals surface area contributed by atoms with E-state index in [9.17, 15) is 0 Å². The minimum Gasteiger partial charge on any atom is -0.465 e. The molecule has 0 bridgehead atoms. The first-order valence-electron chi connectivity index (χ1n) is 5.52. The van der Waals surface area contributed by atoms with Gasteiger partial charge in [0.15, 0.2) is 0 Å². The van der Waals surface area contributed by atoms with Gasteiger partial charge in [0.05, 0.1) is 12.0 Å². The summed E-state index contributed by atoms with van der Waals surface area (Å²) in [5.74, 6) is 9.22. The molecule has 2 rings (SSSR count). The van der Waals surface area contributed by atoms with Gasteiger partial charge in [-0.3, -0.25) is 0 Å². The Morgan fingerprint density at radius 3 is 2.72 bits per heavy atom. The van der Waals surface area contributed by atoms with Gasteiger partial charge in [0, 0.05) is 18.2 Å². The summed E-state index contributed by atoms with van der Waals surface area (Å²) in [5, 5.41) is 1.54. The molecule has 3 heteroatoms. The monoisotopic (exact) mass is 238 g/mol. The van der Waals surface area contributed by atoms with Crippen LogP contribution in [0, 0.1) is 12.3 Å². The third kappa shape index (κ3) is 2.45. The van der Waals surface area contributed by atoms with Crippen LogP contribution in [0.2, 0.25) is 0 Å². The molecule has 18 heavy (non-hydrogen) atoms. The number of anilines is 1. The van der Waals surface area contributed by atoms with Crippen molar-refractivity contribution in [1.29, 1.82) is 0 Å². The molecule has 2 N–H and O–H groups in total. The number of nitrogens with zero attached hydrogens (tertiary/aromatic N) is 1. The second-order valence-corrected chi connectivity index (χ2v) is 3.84. The topological polar surface area (TPSA) is 42.4 Å². The standard InChI is InChI=1S/C15H14N2O/c1-3-12-6-4-8-15(17(2)16)14(12)10-9-13-7-5-11-18-13/h1,4-11H,16H2,2H3/b10-9+. The number of hydrogen-bond donors (Lipinski definition) is 1. The maximum Gasteiger partial charge on any atom is 0.126 e. The number of hydrogen-bond acceptors (Lipinski definition) is 3. The Balaban J connectivity index is 2.45. The van der Waals surface area contributed by atoms with Gasteiger partial charge in [-0.1, -0.05) is 12.0 Å². The Kier molecular flexibility index (Phi) is 3.52. The Hall–Kier alpha value is -2.44. The predicted octanol–water partition coefficient (Wildman–Crippen LogP) is 2.74. The van der Waals surface area contributed by atoms with Crippen LogP contribution in [-0.2, 0) is 0 Å². The number of furan rings is 1. The normalized spacial score (nSPS) is 10.5. The maximum absolute atomic E-state index is 5.79. The summed E-state index contributed by atoms with van der Waals surface area (Å²) in [5.41, 5.74) is 2.57. The van der Waals surface area contributed by atoms with Crippen molar-refractivity contribution in [2.75, 3.05) is 12.1 Å². The molecule has 0 spiro atoms. The zero-order valence-electron chi connectivity index (χ0n) is 10.1. The van der Waals surface area contributed by atoms with E-state index in [1.807, 2.05) is 42.5 Å². The van der Waals surface area contributed by atoms with E-state index in [0.717, 1.165) is 22.6 Å². The second kappa shape index (κ2) is 5.26. The lowest BCUT2D eigenvalue weighted by atomic mass is 10.0. The molecule has 0 unspecified atom stereocenters. The van der Waals surface area contributed by atoms with Crippen LogP contribution in [-0.4, -0.2) is 7.05 Å². The van der Waals surface area contributed by atoms with Crippen LogP contribution in [0.25, 0.3) is 12.2 Å². The summed E-state index contributed by atoms with van der Waals surface area (Å²) < 4.78 is 5.25. The second-order valence-electron chi connectivity index (χ2n) is 3.84. The van der Waals surface area contributed by atoms with Crippen molar-refractivity contribution in [2.45, 2.75) is 0 Å². The van der Waals surface area contributed by atoms with Crippen molar-refractivity contribution in [3.8, 4) is 12.3 Å². The first-order chi connectivity index (χ1) is 8.72. The minimum atomic E-state index is 0.771. The lowest BCUT2D eigenvalue weighted by molar-refractivity contribution is 0.557. The van der Waals surface area contributed by atoms with Gasteiger partial charge < -0.3 is 9.43 Å². The van der Waals surface area contributed by atoms with Gasteiger partial charge >= 0.3 is 0 Å². The van der Waals surface area contributed by atoms with Gasteiger partial charge in [-0.25, -0.2) is 5.84 Å². The molecule has 0 atom stereocenters. The largest absolute Gasteiger partial charge is 0.465 e. The smallest absolute Gasteiger partial charge is 0.126 e. The van der Waals surface area contributed by atoms with Gasteiger partial charge in [0.25, 0.3) is 0 Å². The minimum absolute atomic E-state index is 0.771. The highest BCUT2D eigenvalue weighted by molar-refractivity contribution is 5.79. The van der Waals surface area contributed by atoms with Crippen molar-refractivity contribution in [1.82, 2.24) is 0 Å². The zero-order chi connectivity index (χ0) is 13.0. The molecule has 0 radical (unpaired) electrons. The summed E-state index contributed by atoms with van der Waals surface area (Å²) >= 11 is 0. The molecule has 90 valence electrons. The highest BCUT2D eigenvalue weighted by atomic mass is 16.3. The lowest BCUT2D eigenvalue weighted by Gasteiger charge is -2.16. The van der Waals surface area contributed by atoms with E-state index in [0.29, 0.717) is 0 Å². The number of rotatable bonds is 3. The van der Waals surface area contributed by atoms with Gasteiger partial charge in [-0.15, -0.1) is 6.42 Å². The molecular weight excluding hydrogens is 224 g/mol. The van der Waals surface area contributed by atoms with Crippen LogP contribution < -0.4 is 10.9 Å². The molecule has 0 amide bonds. The number of hydrazine groups is 1. The van der Waals surface area contributed by atoms with Crippen LogP contribution in [0.1, 0.15) is 16.9 Å². The van der Waals surface area contributed by atoms with Crippen molar-refractivity contribution in [3.05, 3.63) is 53.5 Å². The fourth-order valence-electron chi connectivity index (χ4n) is 1.71. The fraction of sp³-hybridized carbons (Fsp3) is 0.0667. The molecule has 0 saturated carbocycles. The summed E-state index contributed by atoms with van der Waals surface area (Å²) in [6.45, 7) is 0. The first kappa shape index (κ1) is 12.0. The van der Waals surface area contributed by atoms with Crippen molar-refractivity contribution < 1.29 is 4.42 Å². The van der Waals surface area contributed by atoms with Crippen LogP contribution >= 0.6 is 0 Å². The Labute approximate surface area is 106 Å². The highest BCUT2D eigenvalue weighted by Gasteiger charge is 2.06. The Morgan fingerprint density at radius 2 is 2.11 bits per heavy atom. The van der Waals surface area contributed by atoms with E-state index >= 15 is 0 Å². The van der Waals surface area contributed by atoms with Crippen LogP contribution in [0.4, 0.5) is 5.69 Å². The van der Waals surface area contributed by atoms with Crippen molar-refractivity contribution >= 4 is 17.8 Å². The van der Waals surface area contributed by atoms with E-state index in [-0.39, 0.29) is 0 Å². The van der Waals surface area contributed by atoms with E-state index in [1.54, 1.807) is 18.3 Å². The first-order valence-corrected chi connectivity index (χ1v) is 5.52. The molecular formula is C15H14N2O. The fourth-order valence-corrected chi connectivity index (χ4v) is 1.71. The molecule has 1 aromatic carbocycles. The van der Waals surface area contributed by atoms with E-state index in [1.165, 1.54) is 0 Å². The average molecular weight is 238 g/mol. The van der Waals surface area contributed by atoms with Gasteiger partial charge in [0.1, 0.15) is 5.76 Å². The summed E-state index contributed by atoms with van der Waals surface area (Å²) in [6.07, 6.45) is 10.9. The van der Waals surface area contributed by atoms with Crippen LogP contribution in [0.15, 0.2) is 41.0 Å². The third-order valence-corrected chi connectivity index (χ3v) is 2.58. The van der Waals surface area contributed by atoms with Gasteiger partial charge in [-0.05, 0) is 36.4 Å². The zero-order valence-corrected chi connectivity index (χ0v) is 10.1. The third-order valence-electron chi connectivity index (χ3n) is 2.58. The predicted molar refractivity (Wildman–Crippen MR) is 74.6 cm³/mol. The van der Waals surface area contributed by atoms with Crippen molar-refractivity contribution in [2.24, 2.45) is 5.84 Å². The molecule has 0 aliphatic heterocycles. The molecule has 1 aromatic heterocycles. The summed E-state index contributed by atoms with van der Waals surface area (Å²) in [7, 11) is 1.78. The molecule has 0 fully saturated rings. The molecule has 2 aromatic rings. The van der Waals surface area contributed by atoms with Gasteiger partial charge in [0.2, 0.25) is 0 Å². The number of nitrogens with two attached hydrogens (primary N) is 1. The summed E-state index contributed by atoms with van der Waals surface area (Å²) in [4.78, 5) is 0. The molecule has 0 saturated heterocycles. The molecule has 3 nitrogen and oxygen atoms in total. The SMILES string of the molecule is C#Cc1cccc(N(C)N)c1/C=C/c1ccco1.